The first-order valence-corrected chi connectivity index (χ1v) is 5.87. The van der Waals surface area contributed by atoms with Gasteiger partial charge in [-0.05, 0) is 32.6 Å². The van der Waals surface area contributed by atoms with Gasteiger partial charge in [-0.3, -0.25) is 0 Å². The second-order valence-electron chi connectivity index (χ2n) is 4.61. The molecule has 4 nitrogen and oxygen atoms in total. The SMILES string of the molecule is C=C(C)CN=C(N)NCC1CCOC(C)C1. The Morgan fingerprint density at radius 2 is 2.38 bits per heavy atom. The van der Waals surface area contributed by atoms with Crippen LogP contribution in [0.25, 0.3) is 0 Å². The fourth-order valence-corrected chi connectivity index (χ4v) is 1.80. The molecule has 0 radical (unpaired) electrons. The number of hydrogen-bond acceptors (Lipinski definition) is 2. The Bertz CT molecular complexity index is 263. The number of guanidine groups is 1. The largest absolute Gasteiger partial charge is 0.378 e. The van der Waals surface area contributed by atoms with Crippen LogP contribution in [-0.2, 0) is 4.74 Å². The lowest BCUT2D eigenvalue weighted by molar-refractivity contribution is 0.00381. The molecule has 3 N–H and O–H groups in total. The standard InChI is InChI=1S/C12H23N3O/c1-9(2)7-14-12(13)15-8-11-4-5-16-10(3)6-11/h10-11H,1,4-8H2,2-3H3,(H3,13,14,15). The van der Waals surface area contributed by atoms with Crippen molar-refractivity contribution in [3.8, 4) is 0 Å². The first kappa shape index (κ1) is 13.0. The minimum atomic E-state index is 0.370. The monoisotopic (exact) mass is 225 g/mol. The Kier molecular flexibility index (Phi) is 5.32. The lowest BCUT2D eigenvalue weighted by atomic mass is 9.96. The van der Waals surface area contributed by atoms with E-state index in [1.807, 2.05) is 6.92 Å². The normalized spacial score (nSPS) is 26.5. The predicted molar refractivity (Wildman–Crippen MR) is 67.4 cm³/mol. The van der Waals surface area contributed by atoms with E-state index in [4.69, 9.17) is 10.5 Å². The summed E-state index contributed by atoms with van der Waals surface area (Å²) < 4.78 is 5.49. The van der Waals surface area contributed by atoms with Crippen LogP contribution in [-0.4, -0.2) is 31.8 Å². The topological polar surface area (TPSA) is 59.6 Å². The van der Waals surface area contributed by atoms with Crippen LogP contribution in [0.4, 0.5) is 0 Å². The van der Waals surface area contributed by atoms with Gasteiger partial charge in [-0.25, -0.2) is 4.99 Å². The number of nitrogens with two attached hydrogens (primary N) is 1. The molecule has 1 rings (SSSR count). The van der Waals surface area contributed by atoms with Gasteiger partial charge in [0.25, 0.3) is 0 Å². The van der Waals surface area contributed by atoms with E-state index in [1.165, 1.54) is 0 Å². The molecule has 16 heavy (non-hydrogen) atoms. The molecule has 1 saturated heterocycles. The van der Waals surface area contributed by atoms with Gasteiger partial charge < -0.3 is 15.8 Å². The van der Waals surface area contributed by atoms with Crippen LogP contribution in [0.2, 0.25) is 0 Å². The summed E-state index contributed by atoms with van der Waals surface area (Å²) in [6, 6.07) is 0. The predicted octanol–water partition coefficient (Wildman–Crippen LogP) is 1.28. The Balaban J connectivity index is 2.22. The summed E-state index contributed by atoms with van der Waals surface area (Å²) in [5.41, 5.74) is 6.76. The van der Waals surface area contributed by atoms with Crippen molar-refractivity contribution in [2.24, 2.45) is 16.6 Å². The summed E-state index contributed by atoms with van der Waals surface area (Å²) in [6.07, 6.45) is 2.57. The zero-order valence-corrected chi connectivity index (χ0v) is 10.3. The lowest BCUT2D eigenvalue weighted by Crippen LogP contribution is -2.38. The maximum Gasteiger partial charge on any atom is 0.188 e. The molecule has 0 bridgehead atoms. The van der Waals surface area contributed by atoms with Crippen LogP contribution in [0.3, 0.4) is 0 Å². The number of nitrogens with one attached hydrogen (secondary N) is 1. The van der Waals surface area contributed by atoms with Crippen molar-refractivity contribution in [1.82, 2.24) is 5.32 Å². The van der Waals surface area contributed by atoms with Gasteiger partial charge in [0.05, 0.1) is 12.6 Å². The molecule has 1 aliphatic rings. The Labute approximate surface area is 98.0 Å². The number of ether oxygens (including phenoxy) is 1. The molecule has 0 saturated carbocycles. The van der Waals surface area contributed by atoms with Gasteiger partial charge in [0, 0.05) is 13.2 Å². The summed E-state index contributed by atoms with van der Waals surface area (Å²) in [5, 5.41) is 3.16. The Morgan fingerprint density at radius 1 is 1.62 bits per heavy atom. The van der Waals surface area contributed by atoms with E-state index < -0.39 is 0 Å². The van der Waals surface area contributed by atoms with Gasteiger partial charge in [0.1, 0.15) is 0 Å². The summed E-state index contributed by atoms with van der Waals surface area (Å²) >= 11 is 0. The van der Waals surface area contributed by atoms with Crippen LogP contribution in [0.1, 0.15) is 26.7 Å². The van der Waals surface area contributed by atoms with E-state index >= 15 is 0 Å². The van der Waals surface area contributed by atoms with Crippen molar-refractivity contribution in [2.45, 2.75) is 32.8 Å². The van der Waals surface area contributed by atoms with Crippen molar-refractivity contribution < 1.29 is 4.74 Å². The van der Waals surface area contributed by atoms with Crippen molar-refractivity contribution in [1.29, 1.82) is 0 Å². The van der Waals surface area contributed by atoms with Crippen molar-refractivity contribution in [3.05, 3.63) is 12.2 Å². The Hall–Kier alpha value is -1.03. The first-order chi connectivity index (χ1) is 7.58. The highest BCUT2D eigenvalue weighted by atomic mass is 16.5. The minimum absolute atomic E-state index is 0.370. The molecule has 0 aliphatic carbocycles. The highest BCUT2D eigenvalue weighted by molar-refractivity contribution is 5.77. The van der Waals surface area contributed by atoms with Crippen molar-refractivity contribution >= 4 is 5.96 Å². The molecule has 0 amide bonds. The molecule has 0 aromatic rings. The van der Waals surface area contributed by atoms with Crippen LogP contribution >= 0.6 is 0 Å². The average Bonchev–Trinajstić information content (AvgIpc) is 2.23. The molecule has 0 aromatic heterocycles. The van der Waals surface area contributed by atoms with Gasteiger partial charge in [-0.1, -0.05) is 12.2 Å². The van der Waals surface area contributed by atoms with E-state index in [-0.39, 0.29) is 0 Å². The van der Waals surface area contributed by atoms with Crippen LogP contribution in [0.15, 0.2) is 17.1 Å². The fraction of sp³-hybridized carbons (Fsp3) is 0.750. The van der Waals surface area contributed by atoms with Gasteiger partial charge in [-0.15, -0.1) is 0 Å². The molecular weight excluding hydrogens is 202 g/mol. The smallest absolute Gasteiger partial charge is 0.188 e. The van der Waals surface area contributed by atoms with Gasteiger partial charge in [0.2, 0.25) is 0 Å². The molecule has 2 atom stereocenters. The number of nitrogens with zero attached hydrogens (tertiary/aromatic N) is 1. The molecule has 0 spiro atoms. The molecule has 1 fully saturated rings. The first-order valence-electron chi connectivity index (χ1n) is 5.87. The molecule has 1 heterocycles. The highest BCUT2D eigenvalue weighted by Gasteiger charge is 2.18. The summed E-state index contributed by atoms with van der Waals surface area (Å²) in [7, 11) is 0. The Morgan fingerprint density at radius 3 is 3.00 bits per heavy atom. The molecule has 0 aromatic carbocycles. The molecule has 92 valence electrons. The summed E-state index contributed by atoms with van der Waals surface area (Å²) in [6.45, 7) is 10.2. The van der Waals surface area contributed by atoms with Gasteiger partial charge in [0.15, 0.2) is 5.96 Å². The van der Waals surface area contributed by atoms with Crippen LogP contribution < -0.4 is 11.1 Å². The zero-order valence-electron chi connectivity index (χ0n) is 10.3. The van der Waals surface area contributed by atoms with E-state index in [9.17, 15) is 0 Å². The van der Waals surface area contributed by atoms with E-state index in [0.29, 0.717) is 24.5 Å². The zero-order chi connectivity index (χ0) is 12.0. The molecular formula is C12H23N3O. The van der Waals surface area contributed by atoms with Gasteiger partial charge >= 0.3 is 0 Å². The van der Waals surface area contributed by atoms with Crippen molar-refractivity contribution in [3.63, 3.8) is 0 Å². The van der Waals surface area contributed by atoms with Gasteiger partial charge in [-0.2, -0.15) is 0 Å². The third kappa shape index (κ3) is 5.16. The maximum absolute atomic E-state index is 5.74. The summed E-state index contributed by atoms with van der Waals surface area (Å²) in [5.74, 6) is 1.16. The molecule has 2 unspecified atom stereocenters. The van der Waals surface area contributed by atoms with E-state index in [0.717, 1.165) is 31.6 Å². The molecule has 4 heteroatoms. The molecule has 1 aliphatic heterocycles. The quantitative estimate of drug-likeness (QED) is 0.430. The van der Waals surface area contributed by atoms with Crippen LogP contribution in [0, 0.1) is 5.92 Å². The van der Waals surface area contributed by atoms with Crippen molar-refractivity contribution in [2.75, 3.05) is 19.7 Å². The lowest BCUT2D eigenvalue weighted by Gasteiger charge is -2.27. The fourth-order valence-electron chi connectivity index (χ4n) is 1.80. The summed E-state index contributed by atoms with van der Waals surface area (Å²) in [4.78, 5) is 4.18. The van der Waals surface area contributed by atoms with E-state index in [2.05, 4.69) is 23.8 Å². The third-order valence-electron chi connectivity index (χ3n) is 2.68. The minimum Gasteiger partial charge on any atom is -0.378 e. The number of rotatable bonds is 4. The number of aliphatic imine (C=N–C) groups is 1. The second-order valence-corrected chi connectivity index (χ2v) is 4.61. The van der Waals surface area contributed by atoms with Crippen LogP contribution in [0.5, 0.6) is 0 Å². The second kappa shape index (κ2) is 6.53. The average molecular weight is 225 g/mol. The maximum atomic E-state index is 5.74. The van der Waals surface area contributed by atoms with E-state index in [1.54, 1.807) is 0 Å². The third-order valence-corrected chi connectivity index (χ3v) is 2.68. The number of hydrogen-bond donors (Lipinski definition) is 2. The highest BCUT2D eigenvalue weighted by Crippen LogP contribution is 2.18.